The molecule has 3 N–H and O–H groups in total. The Morgan fingerprint density at radius 1 is 1.29 bits per heavy atom. The SMILES string of the molecule is CN/C=C(\C(=N)C(=O)N1CC(F)(F)C[C@@H](C)C1CNc1ncc(C(F)(F)F)c(OC)n1)c1ccc(F)cc1. The van der Waals surface area contributed by atoms with E-state index in [0.717, 1.165) is 24.1 Å². The molecular formula is C24H26F6N6O2. The van der Waals surface area contributed by atoms with E-state index in [9.17, 15) is 31.1 Å². The second-order valence-corrected chi connectivity index (χ2v) is 8.76. The van der Waals surface area contributed by atoms with Crippen molar-refractivity contribution in [2.24, 2.45) is 5.92 Å². The van der Waals surface area contributed by atoms with Crippen LogP contribution in [0.4, 0.5) is 32.3 Å². The van der Waals surface area contributed by atoms with E-state index in [-0.39, 0.29) is 18.1 Å². The van der Waals surface area contributed by atoms with Crippen LogP contribution in [0, 0.1) is 17.1 Å². The molecule has 8 nitrogen and oxygen atoms in total. The number of hydrogen-bond acceptors (Lipinski definition) is 7. The van der Waals surface area contributed by atoms with Gasteiger partial charge in [0.25, 0.3) is 11.8 Å². The van der Waals surface area contributed by atoms with Crippen LogP contribution in [0.1, 0.15) is 24.5 Å². The van der Waals surface area contributed by atoms with Crippen molar-refractivity contribution in [2.75, 3.05) is 32.6 Å². The molecule has 2 heterocycles. The minimum Gasteiger partial charge on any atom is -0.480 e. The zero-order valence-corrected chi connectivity index (χ0v) is 20.7. The van der Waals surface area contributed by atoms with E-state index >= 15 is 0 Å². The van der Waals surface area contributed by atoms with Gasteiger partial charge in [-0.25, -0.2) is 18.2 Å². The molecule has 1 fully saturated rings. The zero-order valence-electron chi connectivity index (χ0n) is 20.7. The number of carbonyl (C=O) groups is 1. The number of carbonyl (C=O) groups excluding carboxylic acids is 1. The maximum atomic E-state index is 14.5. The summed E-state index contributed by atoms with van der Waals surface area (Å²) in [6.07, 6.45) is -3.44. The highest BCUT2D eigenvalue weighted by Gasteiger charge is 2.47. The van der Waals surface area contributed by atoms with Gasteiger partial charge in [0.05, 0.1) is 19.7 Å². The number of alkyl halides is 5. The molecule has 0 bridgehead atoms. The fraction of sp³-hybridized carbons (Fsp3) is 0.417. The van der Waals surface area contributed by atoms with Crippen molar-refractivity contribution in [1.29, 1.82) is 5.41 Å². The van der Waals surface area contributed by atoms with Gasteiger partial charge in [0, 0.05) is 38.0 Å². The fourth-order valence-corrected chi connectivity index (χ4v) is 4.21. The zero-order chi connectivity index (χ0) is 28.3. The van der Waals surface area contributed by atoms with Gasteiger partial charge in [0.1, 0.15) is 17.1 Å². The normalized spacial score (nSPS) is 19.6. The lowest BCUT2D eigenvalue weighted by Gasteiger charge is -2.43. The monoisotopic (exact) mass is 544 g/mol. The molecule has 206 valence electrons. The Labute approximate surface area is 214 Å². The summed E-state index contributed by atoms with van der Waals surface area (Å²) in [5.41, 5.74) is -1.42. The molecule has 1 aliphatic rings. The van der Waals surface area contributed by atoms with Gasteiger partial charge in [-0.1, -0.05) is 19.1 Å². The van der Waals surface area contributed by atoms with Crippen LogP contribution in [0.2, 0.25) is 0 Å². The largest absolute Gasteiger partial charge is 0.480 e. The molecule has 38 heavy (non-hydrogen) atoms. The Kier molecular flexibility index (Phi) is 8.52. The Morgan fingerprint density at radius 2 is 1.95 bits per heavy atom. The minimum atomic E-state index is -4.75. The van der Waals surface area contributed by atoms with Gasteiger partial charge in [-0.2, -0.15) is 18.2 Å². The van der Waals surface area contributed by atoms with Gasteiger partial charge in [-0.15, -0.1) is 0 Å². The van der Waals surface area contributed by atoms with Crippen molar-refractivity contribution < 1.29 is 35.9 Å². The van der Waals surface area contributed by atoms with E-state index in [2.05, 4.69) is 20.6 Å². The number of methoxy groups -OCH3 is 1. The lowest BCUT2D eigenvalue weighted by molar-refractivity contribution is -0.145. The number of nitrogens with one attached hydrogen (secondary N) is 3. The number of rotatable bonds is 8. The van der Waals surface area contributed by atoms with Gasteiger partial charge >= 0.3 is 6.18 Å². The maximum absolute atomic E-state index is 14.5. The average Bonchev–Trinajstić information content (AvgIpc) is 2.85. The standard InChI is InChI=1S/C24H26F6N6O2/c1-13-8-23(26,27)12-36(21(37)19(31)16(9-32-2)14-4-6-15(25)7-5-14)18(13)11-34-22-33-10-17(24(28,29)30)20(35-22)38-3/h4-7,9-10,13,18,31-32H,8,11-12H2,1-3H3,(H,33,34,35)/b16-9-,31-19?/t13-,18?/m1/s1. The van der Waals surface area contributed by atoms with Crippen LogP contribution in [0.25, 0.3) is 5.57 Å². The summed E-state index contributed by atoms with van der Waals surface area (Å²) in [5.74, 6) is -6.52. The topological polar surface area (TPSA) is 103 Å². The molecule has 0 spiro atoms. The number of amides is 1. The van der Waals surface area contributed by atoms with Crippen molar-refractivity contribution in [2.45, 2.75) is 31.5 Å². The maximum Gasteiger partial charge on any atom is 0.423 e. The van der Waals surface area contributed by atoms with E-state index in [0.29, 0.717) is 11.8 Å². The van der Waals surface area contributed by atoms with Gasteiger partial charge in [0.15, 0.2) is 0 Å². The molecule has 2 aromatic rings. The van der Waals surface area contributed by atoms with E-state index < -0.39 is 65.9 Å². The summed E-state index contributed by atoms with van der Waals surface area (Å²) in [6, 6.07) is 4.09. The van der Waals surface area contributed by atoms with Gasteiger partial charge in [-0.3, -0.25) is 10.2 Å². The van der Waals surface area contributed by atoms with Crippen LogP contribution < -0.4 is 15.4 Å². The molecular weight excluding hydrogens is 518 g/mol. The number of likely N-dealkylation sites (tertiary alicyclic amines) is 1. The van der Waals surface area contributed by atoms with E-state index in [1.54, 1.807) is 0 Å². The molecule has 1 aliphatic heterocycles. The third kappa shape index (κ3) is 6.53. The van der Waals surface area contributed by atoms with Crippen molar-refractivity contribution in [3.63, 3.8) is 0 Å². The summed E-state index contributed by atoms with van der Waals surface area (Å²) in [7, 11) is 2.53. The highest BCUT2D eigenvalue weighted by Crippen LogP contribution is 2.36. The molecule has 1 aromatic heterocycles. The number of benzene rings is 1. The predicted molar refractivity (Wildman–Crippen MR) is 127 cm³/mol. The molecule has 1 unspecified atom stereocenters. The quantitative estimate of drug-likeness (QED) is 0.340. The predicted octanol–water partition coefficient (Wildman–Crippen LogP) is 4.21. The first kappa shape index (κ1) is 28.7. The number of nitrogens with zero attached hydrogens (tertiary/aromatic N) is 3. The summed E-state index contributed by atoms with van der Waals surface area (Å²) < 4.78 is 86.5. The van der Waals surface area contributed by atoms with E-state index in [4.69, 9.17) is 10.1 Å². The lowest BCUT2D eigenvalue weighted by Crippen LogP contribution is -2.58. The van der Waals surface area contributed by atoms with Gasteiger partial charge < -0.3 is 20.3 Å². The Balaban J connectivity index is 1.87. The number of halogens is 6. The summed E-state index contributed by atoms with van der Waals surface area (Å²) in [6.45, 7) is 0.340. The Morgan fingerprint density at radius 3 is 2.53 bits per heavy atom. The lowest BCUT2D eigenvalue weighted by atomic mass is 9.87. The highest BCUT2D eigenvalue weighted by atomic mass is 19.4. The highest BCUT2D eigenvalue weighted by molar-refractivity contribution is 6.54. The number of aromatic nitrogens is 2. The molecule has 1 amide bonds. The Hall–Kier alpha value is -3.84. The molecule has 14 heteroatoms. The summed E-state index contributed by atoms with van der Waals surface area (Å²) in [4.78, 5) is 21.6. The number of piperidine rings is 1. The molecule has 0 saturated carbocycles. The van der Waals surface area contributed by atoms with E-state index in [1.807, 2.05) is 0 Å². The number of anilines is 1. The Bertz CT molecular complexity index is 1200. The van der Waals surface area contributed by atoms with Crippen molar-refractivity contribution in [1.82, 2.24) is 20.2 Å². The van der Waals surface area contributed by atoms with E-state index in [1.165, 1.54) is 32.3 Å². The third-order valence-electron chi connectivity index (χ3n) is 5.99. The fourth-order valence-electron chi connectivity index (χ4n) is 4.21. The summed E-state index contributed by atoms with van der Waals surface area (Å²) >= 11 is 0. The number of ether oxygens (including phenoxy) is 1. The molecule has 0 radical (unpaired) electrons. The van der Waals surface area contributed by atoms with Crippen LogP contribution in [0.3, 0.4) is 0 Å². The van der Waals surface area contributed by atoms with Crippen LogP contribution in [0.15, 0.2) is 36.7 Å². The minimum absolute atomic E-state index is 0.0570. The van der Waals surface area contributed by atoms with Crippen molar-refractivity contribution in [3.05, 3.63) is 53.6 Å². The molecule has 2 atom stereocenters. The van der Waals surface area contributed by atoms with Crippen LogP contribution in [-0.4, -0.2) is 65.7 Å². The van der Waals surface area contributed by atoms with Gasteiger partial charge in [-0.05, 0) is 23.6 Å². The average molecular weight is 545 g/mol. The van der Waals surface area contributed by atoms with Crippen LogP contribution in [0.5, 0.6) is 5.88 Å². The summed E-state index contributed by atoms with van der Waals surface area (Å²) in [5, 5.41) is 13.9. The molecule has 3 rings (SSSR count). The first-order chi connectivity index (χ1) is 17.8. The number of hydrogen-bond donors (Lipinski definition) is 3. The van der Waals surface area contributed by atoms with Gasteiger partial charge in [0.2, 0.25) is 11.8 Å². The van der Waals surface area contributed by atoms with Crippen molar-refractivity contribution >= 4 is 23.1 Å². The molecule has 1 aromatic carbocycles. The second-order valence-electron chi connectivity index (χ2n) is 8.76. The smallest absolute Gasteiger partial charge is 0.423 e. The van der Waals surface area contributed by atoms with Crippen molar-refractivity contribution in [3.8, 4) is 5.88 Å². The first-order valence-electron chi connectivity index (χ1n) is 11.4. The second kappa shape index (κ2) is 11.3. The third-order valence-corrected chi connectivity index (χ3v) is 5.99. The molecule has 0 aliphatic carbocycles. The first-order valence-corrected chi connectivity index (χ1v) is 11.4. The molecule has 1 saturated heterocycles. The van der Waals surface area contributed by atoms with Crippen LogP contribution >= 0.6 is 0 Å². The van der Waals surface area contributed by atoms with Crippen LogP contribution in [-0.2, 0) is 11.0 Å².